The summed E-state index contributed by atoms with van der Waals surface area (Å²) in [6, 6.07) is 2.62. The number of halogens is 2. The largest absolute Gasteiger partial charge is 0.387 e. The van der Waals surface area contributed by atoms with Crippen LogP contribution in [0.4, 0.5) is 8.78 Å². The van der Waals surface area contributed by atoms with Crippen molar-refractivity contribution in [2.75, 3.05) is 5.75 Å². The third-order valence-electron chi connectivity index (χ3n) is 3.69. The predicted octanol–water partition coefficient (Wildman–Crippen LogP) is 4.37. The monoisotopic (exact) mass is 286 g/mol. The minimum absolute atomic E-state index is 0.177. The topological polar surface area (TPSA) is 20.2 Å². The molecule has 1 fully saturated rings. The summed E-state index contributed by atoms with van der Waals surface area (Å²) in [5, 5.41) is 10.6. The Hall–Kier alpha value is -0.610. The number of aliphatic hydroxyl groups is 1. The number of rotatable bonds is 4. The van der Waals surface area contributed by atoms with Crippen LogP contribution in [0.2, 0.25) is 0 Å². The van der Waals surface area contributed by atoms with Crippen LogP contribution in [0.5, 0.6) is 0 Å². The highest BCUT2D eigenvalue weighted by Gasteiger charge is 2.22. The van der Waals surface area contributed by atoms with Crippen LogP contribution in [0.25, 0.3) is 0 Å². The van der Waals surface area contributed by atoms with Gasteiger partial charge in [-0.25, -0.2) is 8.78 Å². The van der Waals surface area contributed by atoms with Crippen LogP contribution in [0.1, 0.15) is 49.3 Å². The first-order valence-corrected chi connectivity index (χ1v) is 7.88. The number of thioether (sulfide) groups is 1. The van der Waals surface area contributed by atoms with Crippen LogP contribution in [0.3, 0.4) is 0 Å². The van der Waals surface area contributed by atoms with E-state index < -0.39 is 17.7 Å². The van der Waals surface area contributed by atoms with E-state index >= 15 is 0 Å². The summed E-state index contributed by atoms with van der Waals surface area (Å²) in [4.78, 5) is 0. The van der Waals surface area contributed by atoms with Crippen molar-refractivity contribution in [1.82, 2.24) is 0 Å². The van der Waals surface area contributed by atoms with Crippen molar-refractivity contribution in [2.24, 2.45) is 0 Å². The third kappa shape index (κ3) is 3.69. The van der Waals surface area contributed by atoms with Crippen molar-refractivity contribution in [3.8, 4) is 0 Å². The van der Waals surface area contributed by atoms with Crippen LogP contribution in [0, 0.1) is 18.6 Å². The van der Waals surface area contributed by atoms with E-state index in [0.717, 1.165) is 12.8 Å². The fraction of sp³-hybridized carbons (Fsp3) is 0.600. The molecule has 1 unspecified atom stereocenters. The predicted molar refractivity (Wildman–Crippen MR) is 75.4 cm³/mol. The lowest BCUT2D eigenvalue weighted by Crippen LogP contribution is -2.13. The Bertz CT molecular complexity index is 430. The van der Waals surface area contributed by atoms with E-state index in [4.69, 9.17) is 0 Å². The molecule has 106 valence electrons. The fourth-order valence-electron chi connectivity index (χ4n) is 2.53. The molecule has 2 rings (SSSR count). The second-order valence-electron chi connectivity index (χ2n) is 5.20. The van der Waals surface area contributed by atoms with E-state index in [9.17, 15) is 13.9 Å². The number of benzene rings is 1. The molecule has 0 bridgehead atoms. The van der Waals surface area contributed by atoms with Crippen LogP contribution in [-0.4, -0.2) is 16.1 Å². The Labute approximate surface area is 117 Å². The Morgan fingerprint density at radius 1 is 1.26 bits per heavy atom. The zero-order valence-electron chi connectivity index (χ0n) is 11.2. The first-order chi connectivity index (χ1) is 9.09. The van der Waals surface area contributed by atoms with Gasteiger partial charge in [-0.3, -0.25) is 0 Å². The quantitative estimate of drug-likeness (QED) is 0.886. The molecule has 0 heterocycles. The molecule has 0 radical (unpaired) electrons. The van der Waals surface area contributed by atoms with Gasteiger partial charge in [0.2, 0.25) is 0 Å². The number of aryl methyl sites for hydroxylation is 1. The van der Waals surface area contributed by atoms with E-state index in [1.807, 2.05) is 0 Å². The van der Waals surface area contributed by atoms with Crippen LogP contribution < -0.4 is 0 Å². The summed E-state index contributed by atoms with van der Waals surface area (Å²) in [6.45, 7) is 1.58. The highest BCUT2D eigenvalue weighted by Crippen LogP contribution is 2.32. The van der Waals surface area contributed by atoms with E-state index in [-0.39, 0.29) is 5.56 Å². The standard InChI is InChI=1S/C15H20F2OS/c1-10-7-8-12(16)14(15(10)17)13(18)9-19-11-5-3-2-4-6-11/h7-8,11,13,18H,2-6,9H2,1H3. The summed E-state index contributed by atoms with van der Waals surface area (Å²) in [5.74, 6) is -0.904. The molecule has 0 aliphatic heterocycles. The molecule has 1 aromatic carbocycles. The van der Waals surface area contributed by atoms with Gasteiger partial charge in [0.1, 0.15) is 11.6 Å². The highest BCUT2D eigenvalue weighted by molar-refractivity contribution is 7.99. The van der Waals surface area contributed by atoms with E-state index in [1.54, 1.807) is 18.7 Å². The lowest BCUT2D eigenvalue weighted by Gasteiger charge is -2.22. The maximum atomic E-state index is 13.9. The molecule has 1 aliphatic carbocycles. The van der Waals surface area contributed by atoms with Crippen molar-refractivity contribution >= 4 is 11.8 Å². The summed E-state index contributed by atoms with van der Waals surface area (Å²) >= 11 is 1.64. The van der Waals surface area contributed by atoms with Crippen molar-refractivity contribution < 1.29 is 13.9 Å². The van der Waals surface area contributed by atoms with Gasteiger partial charge < -0.3 is 5.11 Å². The zero-order chi connectivity index (χ0) is 13.8. The molecular formula is C15H20F2OS. The third-order valence-corrected chi connectivity index (χ3v) is 5.15. The van der Waals surface area contributed by atoms with Crippen LogP contribution in [0.15, 0.2) is 12.1 Å². The van der Waals surface area contributed by atoms with Gasteiger partial charge >= 0.3 is 0 Å². The van der Waals surface area contributed by atoms with Crippen LogP contribution >= 0.6 is 11.8 Å². The normalized spacial score (nSPS) is 18.5. The van der Waals surface area contributed by atoms with E-state index in [2.05, 4.69) is 0 Å². The molecule has 1 aliphatic rings. The SMILES string of the molecule is Cc1ccc(F)c(C(O)CSC2CCCCC2)c1F. The first-order valence-electron chi connectivity index (χ1n) is 6.83. The second-order valence-corrected chi connectivity index (χ2v) is 6.53. The van der Waals surface area contributed by atoms with Gasteiger partial charge in [0.25, 0.3) is 0 Å². The minimum atomic E-state index is -1.06. The van der Waals surface area contributed by atoms with Gasteiger partial charge in [-0.15, -0.1) is 0 Å². The average Bonchev–Trinajstić information content (AvgIpc) is 2.42. The first kappa shape index (κ1) is 14.8. The van der Waals surface area contributed by atoms with Gasteiger partial charge in [-0.2, -0.15) is 11.8 Å². The molecule has 1 atom stereocenters. The van der Waals surface area contributed by atoms with Crippen molar-refractivity contribution in [1.29, 1.82) is 0 Å². The van der Waals surface area contributed by atoms with E-state index in [1.165, 1.54) is 31.4 Å². The van der Waals surface area contributed by atoms with E-state index in [0.29, 0.717) is 16.6 Å². The molecule has 1 aromatic rings. The minimum Gasteiger partial charge on any atom is -0.387 e. The molecular weight excluding hydrogens is 266 g/mol. The van der Waals surface area contributed by atoms with Gasteiger partial charge in [0.05, 0.1) is 11.7 Å². The van der Waals surface area contributed by atoms with Gasteiger partial charge in [-0.1, -0.05) is 25.3 Å². The molecule has 4 heteroatoms. The van der Waals surface area contributed by atoms with Gasteiger partial charge in [0, 0.05) is 11.0 Å². The molecule has 1 nitrogen and oxygen atoms in total. The zero-order valence-corrected chi connectivity index (χ0v) is 12.0. The van der Waals surface area contributed by atoms with Gasteiger partial charge in [-0.05, 0) is 31.4 Å². The molecule has 0 aromatic heterocycles. The van der Waals surface area contributed by atoms with Crippen LogP contribution in [-0.2, 0) is 0 Å². The lowest BCUT2D eigenvalue weighted by atomic mass is 10.0. The highest BCUT2D eigenvalue weighted by atomic mass is 32.2. The molecule has 1 N–H and O–H groups in total. The second kappa shape index (κ2) is 6.71. The summed E-state index contributed by atoms with van der Waals surface area (Å²) in [7, 11) is 0. The van der Waals surface area contributed by atoms with Crippen molar-refractivity contribution in [3.63, 3.8) is 0 Å². The molecule has 1 saturated carbocycles. The smallest absolute Gasteiger partial charge is 0.134 e. The number of hydrogen-bond acceptors (Lipinski definition) is 2. The number of aliphatic hydroxyl groups excluding tert-OH is 1. The fourth-order valence-corrected chi connectivity index (χ4v) is 3.81. The Balaban J connectivity index is 1.99. The lowest BCUT2D eigenvalue weighted by molar-refractivity contribution is 0.192. The molecule has 0 spiro atoms. The summed E-state index contributed by atoms with van der Waals surface area (Å²) in [5.41, 5.74) is 0.196. The maximum absolute atomic E-state index is 13.9. The Morgan fingerprint density at radius 2 is 1.95 bits per heavy atom. The Morgan fingerprint density at radius 3 is 2.63 bits per heavy atom. The molecule has 0 saturated heterocycles. The van der Waals surface area contributed by atoms with Crippen molar-refractivity contribution in [3.05, 3.63) is 34.9 Å². The molecule has 0 amide bonds. The maximum Gasteiger partial charge on any atom is 0.134 e. The summed E-state index contributed by atoms with van der Waals surface area (Å²) in [6.07, 6.45) is 4.96. The molecule has 19 heavy (non-hydrogen) atoms. The van der Waals surface area contributed by atoms with Gasteiger partial charge in [0.15, 0.2) is 0 Å². The average molecular weight is 286 g/mol. The Kier molecular flexibility index (Phi) is 5.22. The van der Waals surface area contributed by atoms with Crippen molar-refractivity contribution in [2.45, 2.75) is 50.4 Å². The number of hydrogen-bond donors (Lipinski definition) is 1. The summed E-state index contributed by atoms with van der Waals surface area (Å²) < 4.78 is 27.5.